The molecule has 2 amide bonds. The van der Waals surface area contributed by atoms with E-state index in [9.17, 15) is 18.0 Å². The average Bonchev–Trinajstić information content (AvgIpc) is 3.21. The molecule has 0 bridgehead atoms. The van der Waals surface area contributed by atoms with Crippen LogP contribution in [0.4, 0.5) is 11.4 Å². The minimum absolute atomic E-state index is 0.0373. The fraction of sp³-hybridized carbons (Fsp3) is 0.391. The molecule has 0 aliphatic carbocycles. The number of nitrogens with one attached hydrogen (secondary N) is 1. The van der Waals surface area contributed by atoms with Crippen LogP contribution in [0.2, 0.25) is 0 Å². The van der Waals surface area contributed by atoms with Gasteiger partial charge in [0, 0.05) is 43.9 Å². The Labute approximate surface area is 188 Å². The van der Waals surface area contributed by atoms with Gasteiger partial charge in [0.1, 0.15) is 0 Å². The van der Waals surface area contributed by atoms with E-state index in [2.05, 4.69) is 4.72 Å². The number of carbonyl (C=O) groups is 2. The second-order valence-corrected chi connectivity index (χ2v) is 9.74. The molecule has 2 aliphatic heterocycles. The zero-order valence-corrected chi connectivity index (χ0v) is 18.9. The first kappa shape index (κ1) is 22.3. The third-order valence-electron chi connectivity index (χ3n) is 5.74. The summed E-state index contributed by atoms with van der Waals surface area (Å²) in [7, 11) is -3.74. The van der Waals surface area contributed by atoms with Gasteiger partial charge in [-0.25, -0.2) is 8.42 Å². The molecule has 0 unspecified atom stereocenters. The fourth-order valence-electron chi connectivity index (χ4n) is 4.05. The van der Waals surface area contributed by atoms with Gasteiger partial charge in [0.05, 0.1) is 18.1 Å². The molecule has 1 saturated heterocycles. The average molecular weight is 458 g/mol. The van der Waals surface area contributed by atoms with E-state index in [1.807, 2.05) is 13.0 Å². The van der Waals surface area contributed by atoms with Crippen molar-refractivity contribution in [2.45, 2.75) is 31.1 Å². The van der Waals surface area contributed by atoms with Crippen LogP contribution in [0.25, 0.3) is 0 Å². The topological polar surface area (TPSA) is 96.0 Å². The first-order chi connectivity index (χ1) is 15.3. The Hall–Kier alpha value is -2.91. The molecule has 170 valence electrons. The van der Waals surface area contributed by atoms with Gasteiger partial charge in [0.2, 0.25) is 11.8 Å². The molecule has 0 spiro atoms. The van der Waals surface area contributed by atoms with E-state index in [1.54, 1.807) is 40.1 Å². The molecule has 9 heteroatoms. The number of rotatable bonds is 6. The number of carbonyl (C=O) groups excluding carboxylic acids is 2. The van der Waals surface area contributed by atoms with Gasteiger partial charge in [-0.2, -0.15) is 0 Å². The maximum absolute atomic E-state index is 12.8. The predicted octanol–water partition coefficient (Wildman–Crippen LogP) is 2.32. The Balaban J connectivity index is 1.41. The molecule has 0 radical (unpaired) electrons. The number of benzene rings is 2. The van der Waals surface area contributed by atoms with Crippen molar-refractivity contribution in [2.75, 3.05) is 42.5 Å². The normalized spacial score (nSPS) is 16.0. The van der Waals surface area contributed by atoms with Gasteiger partial charge in [-0.15, -0.1) is 0 Å². The summed E-state index contributed by atoms with van der Waals surface area (Å²) in [4.78, 5) is 28.6. The van der Waals surface area contributed by atoms with Crippen molar-refractivity contribution in [2.24, 2.45) is 0 Å². The van der Waals surface area contributed by atoms with Crippen molar-refractivity contribution in [1.29, 1.82) is 0 Å². The Kier molecular flexibility index (Phi) is 6.48. The number of ether oxygens (including phenoxy) is 1. The Morgan fingerprint density at radius 2 is 1.75 bits per heavy atom. The summed E-state index contributed by atoms with van der Waals surface area (Å²) in [6, 6.07) is 12.0. The Morgan fingerprint density at radius 1 is 1.00 bits per heavy atom. The molecule has 0 atom stereocenters. The van der Waals surface area contributed by atoms with Gasteiger partial charge in [-0.3, -0.25) is 14.3 Å². The summed E-state index contributed by atoms with van der Waals surface area (Å²) >= 11 is 0. The molecule has 32 heavy (non-hydrogen) atoms. The monoisotopic (exact) mass is 457 g/mol. The van der Waals surface area contributed by atoms with Crippen LogP contribution in [0.1, 0.15) is 24.0 Å². The second-order valence-electron chi connectivity index (χ2n) is 8.05. The van der Waals surface area contributed by atoms with Crippen LogP contribution >= 0.6 is 0 Å². The van der Waals surface area contributed by atoms with Crippen molar-refractivity contribution in [1.82, 2.24) is 4.90 Å². The van der Waals surface area contributed by atoms with E-state index >= 15 is 0 Å². The summed E-state index contributed by atoms with van der Waals surface area (Å²) in [6.07, 6.45) is 0.869. The second kappa shape index (κ2) is 9.30. The summed E-state index contributed by atoms with van der Waals surface area (Å²) < 4.78 is 33.5. The lowest BCUT2D eigenvalue weighted by Crippen LogP contribution is -2.41. The molecule has 0 saturated carbocycles. The van der Waals surface area contributed by atoms with Gasteiger partial charge < -0.3 is 14.5 Å². The minimum atomic E-state index is -3.74. The van der Waals surface area contributed by atoms with Gasteiger partial charge in [-0.1, -0.05) is 12.1 Å². The molecule has 4 rings (SSSR count). The molecule has 2 heterocycles. The van der Waals surface area contributed by atoms with Crippen LogP contribution in [0.5, 0.6) is 0 Å². The summed E-state index contributed by atoms with van der Waals surface area (Å²) in [5.74, 6) is -0.163. The van der Waals surface area contributed by atoms with Crippen molar-refractivity contribution >= 4 is 33.2 Å². The van der Waals surface area contributed by atoms with Gasteiger partial charge in [0.15, 0.2) is 0 Å². The number of amides is 2. The number of anilines is 2. The Bertz CT molecular complexity index is 1130. The number of sulfonamides is 1. The first-order valence-corrected chi connectivity index (χ1v) is 12.2. The molecular formula is C23H27N3O5S. The largest absolute Gasteiger partial charge is 0.378 e. The lowest BCUT2D eigenvalue weighted by atomic mass is 10.2. The van der Waals surface area contributed by atoms with Crippen molar-refractivity contribution in [3.05, 3.63) is 53.6 Å². The quantitative estimate of drug-likeness (QED) is 0.718. The smallest absolute Gasteiger partial charge is 0.261 e. The Morgan fingerprint density at radius 3 is 2.50 bits per heavy atom. The first-order valence-electron chi connectivity index (χ1n) is 10.7. The molecule has 0 aromatic heterocycles. The zero-order valence-electron chi connectivity index (χ0n) is 18.0. The highest BCUT2D eigenvalue weighted by molar-refractivity contribution is 7.92. The zero-order chi connectivity index (χ0) is 22.7. The van der Waals surface area contributed by atoms with Crippen molar-refractivity contribution in [3.8, 4) is 0 Å². The molecule has 8 nitrogen and oxygen atoms in total. The van der Waals surface area contributed by atoms with Gasteiger partial charge >= 0.3 is 0 Å². The van der Waals surface area contributed by atoms with Crippen LogP contribution < -0.4 is 9.62 Å². The van der Waals surface area contributed by atoms with Crippen molar-refractivity contribution in [3.63, 3.8) is 0 Å². The number of morpholine rings is 1. The molecule has 2 aromatic rings. The highest BCUT2D eigenvalue weighted by atomic mass is 32.2. The lowest BCUT2D eigenvalue weighted by Gasteiger charge is -2.27. The molecule has 1 N–H and O–H groups in total. The fourth-order valence-corrected chi connectivity index (χ4v) is 5.15. The number of nitrogens with zero attached hydrogens (tertiary/aromatic N) is 2. The minimum Gasteiger partial charge on any atom is -0.378 e. The third-order valence-corrected chi connectivity index (χ3v) is 7.12. The maximum Gasteiger partial charge on any atom is 0.261 e. The van der Waals surface area contributed by atoms with E-state index in [1.165, 1.54) is 6.07 Å². The molecule has 1 fully saturated rings. The van der Waals surface area contributed by atoms with Crippen LogP contribution in [0.15, 0.2) is 47.4 Å². The molecule has 2 aliphatic rings. The number of aryl methyl sites for hydroxylation is 1. The highest BCUT2D eigenvalue weighted by Crippen LogP contribution is 2.31. The van der Waals surface area contributed by atoms with E-state index in [0.717, 1.165) is 11.1 Å². The lowest BCUT2D eigenvalue weighted by molar-refractivity contribution is -0.136. The van der Waals surface area contributed by atoms with Crippen molar-refractivity contribution < 1.29 is 22.7 Å². The molecular weight excluding hydrogens is 430 g/mol. The highest BCUT2D eigenvalue weighted by Gasteiger charge is 2.27. The van der Waals surface area contributed by atoms with Gasteiger partial charge in [0.25, 0.3) is 10.0 Å². The summed E-state index contributed by atoms with van der Waals surface area (Å²) in [5, 5.41) is 0. The number of hydrogen-bond acceptors (Lipinski definition) is 5. The SMILES string of the molecule is Cc1cccc(NS(=O)(=O)c2ccc3c(c2)CCN3C(=O)CCC(=O)N2CCOCC2)c1. The number of hydrogen-bond donors (Lipinski definition) is 1. The molecule has 2 aromatic carbocycles. The third kappa shape index (κ3) is 4.94. The van der Waals surface area contributed by atoms with E-state index < -0.39 is 10.0 Å². The number of fused-ring (bicyclic) bond motifs is 1. The van der Waals surface area contributed by atoms with E-state index in [4.69, 9.17) is 4.74 Å². The van der Waals surface area contributed by atoms with Crippen LogP contribution in [0.3, 0.4) is 0 Å². The predicted molar refractivity (Wildman–Crippen MR) is 121 cm³/mol. The van der Waals surface area contributed by atoms with E-state index in [0.29, 0.717) is 50.6 Å². The summed E-state index contributed by atoms with van der Waals surface area (Å²) in [6.45, 7) is 4.56. The maximum atomic E-state index is 12.8. The van der Waals surface area contributed by atoms with Crippen LogP contribution in [-0.4, -0.2) is 58.0 Å². The standard InChI is InChI=1S/C23H27N3O5S/c1-17-3-2-4-19(15-17)24-32(29,30)20-5-6-21-18(16-20)9-10-26(21)23(28)8-7-22(27)25-11-13-31-14-12-25/h2-6,15-16,24H,7-14H2,1H3. The van der Waals surface area contributed by atoms with Crippen LogP contribution in [-0.2, 0) is 30.8 Å². The summed E-state index contributed by atoms with van der Waals surface area (Å²) in [5.41, 5.74) is 2.99. The van der Waals surface area contributed by atoms with Gasteiger partial charge in [-0.05, 0) is 54.8 Å². The van der Waals surface area contributed by atoms with Crippen LogP contribution in [0, 0.1) is 6.92 Å². The van der Waals surface area contributed by atoms with E-state index in [-0.39, 0.29) is 29.6 Å².